The zero-order valence-electron chi connectivity index (χ0n) is 17.5. The summed E-state index contributed by atoms with van der Waals surface area (Å²) < 4.78 is 0. The molecule has 1 aromatic carbocycles. The maximum Gasteiger partial charge on any atom is 0.228 e. The van der Waals surface area contributed by atoms with Crippen LogP contribution in [0.4, 0.5) is 0 Å². The van der Waals surface area contributed by atoms with E-state index in [1.54, 1.807) is 11.3 Å². The summed E-state index contributed by atoms with van der Waals surface area (Å²) in [7, 11) is 0. The standard InChI is InChI=1S/C24H31N3O2S/c28-23(16-21-17-30-22(25-21)15-18-7-3-1-4-8-18)27-13-11-20(12-14-27)26-24(29)19-9-5-2-6-10-19/h1,3-4,7-8,17,19-20H,2,5-6,9-16H2,(H,26,29). The Balaban J connectivity index is 1.21. The Morgan fingerprint density at radius 2 is 1.77 bits per heavy atom. The van der Waals surface area contributed by atoms with Gasteiger partial charge in [-0.15, -0.1) is 11.3 Å². The van der Waals surface area contributed by atoms with E-state index in [9.17, 15) is 9.59 Å². The summed E-state index contributed by atoms with van der Waals surface area (Å²) in [6.45, 7) is 1.44. The van der Waals surface area contributed by atoms with Crippen LogP contribution in [0, 0.1) is 5.92 Å². The van der Waals surface area contributed by atoms with Crippen molar-refractivity contribution in [2.24, 2.45) is 5.92 Å². The third kappa shape index (κ3) is 5.69. The van der Waals surface area contributed by atoms with Gasteiger partial charge in [0, 0.05) is 36.9 Å². The molecule has 1 N–H and O–H groups in total. The Morgan fingerprint density at radius 1 is 1.03 bits per heavy atom. The summed E-state index contributed by atoms with van der Waals surface area (Å²) in [6.07, 6.45) is 8.55. The average molecular weight is 426 g/mol. The van der Waals surface area contributed by atoms with Gasteiger partial charge >= 0.3 is 0 Å². The highest BCUT2D eigenvalue weighted by atomic mass is 32.1. The minimum atomic E-state index is 0.142. The van der Waals surface area contributed by atoms with E-state index in [1.165, 1.54) is 24.8 Å². The number of carbonyl (C=O) groups excluding carboxylic acids is 2. The summed E-state index contributed by atoms with van der Waals surface area (Å²) in [5, 5.41) is 6.29. The lowest BCUT2D eigenvalue weighted by Gasteiger charge is -2.33. The van der Waals surface area contributed by atoms with Crippen LogP contribution in [0.1, 0.15) is 61.2 Å². The second-order valence-corrected chi connectivity index (χ2v) is 9.51. The summed E-state index contributed by atoms with van der Waals surface area (Å²) in [5.74, 6) is 0.574. The van der Waals surface area contributed by atoms with Crippen molar-refractivity contribution < 1.29 is 9.59 Å². The van der Waals surface area contributed by atoms with Crippen LogP contribution in [0.5, 0.6) is 0 Å². The molecular formula is C24H31N3O2S. The number of carbonyl (C=O) groups is 2. The molecule has 2 aliphatic rings. The molecule has 0 spiro atoms. The molecule has 30 heavy (non-hydrogen) atoms. The van der Waals surface area contributed by atoms with E-state index < -0.39 is 0 Å². The topological polar surface area (TPSA) is 62.3 Å². The molecule has 160 valence electrons. The van der Waals surface area contributed by atoms with Gasteiger partial charge in [-0.1, -0.05) is 49.6 Å². The van der Waals surface area contributed by atoms with Gasteiger partial charge in [-0.05, 0) is 31.2 Å². The maximum atomic E-state index is 12.7. The third-order valence-electron chi connectivity index (χ3n) is 6.30. The largest absolute Gasteiger partial charge is 0.353 e. The predicted octanol–water partition coefficient (Wildman–Crippen LogP) is 3.96. The van der Waals surface area contributed by atoms with E-state index in [0.29, 0.717) is 6.42 Å². The third-order valence-corrected chi connectivity index (χ3v) is 7.20. The van der Waals surface area contributed by atoms with Crippen molar-refractivity contribution in [2.45, 2.75) is 63.8 Å². The Hall–Kier alpha value is -2.21. The quantitative estimate of drug-likeness (QED) is 0.762. The SMILES string of the molecule is O=C(NC1CCN(C(=O)Cc2csc(Cc3ccccc3)n2)CC1)C1CCCCC1. The number of benzene rings is 1. The second-order valence-electron chi connectivity index (χ2n) is 8.57. The molecule has 1 aliphatic carbocycles. The maximum absolute atomic E-state index is 12.7. The highest BCUT2D eigenvalue weighted by Crippen LogP contribution is 2.24. The predicted molar refractivity (Wildman–Crippen MR) is 119 cm³/mol. The number of likely N-dealkylation sites (tertiary alicyclic amines) is 1. The molecule has 5 nitrogen and oxygen atoms in total. The number of hydrogen-bond donors (Lipinski definition) is 1. The van der Waals surface area contributed by atoms with Crippen LogP contribution >= 0.6 is 11.3 Å². The fraction of sp³-hybridized carbons (Fsp3) is 0.542. The van der Waals surface area contributed by atoms with Crippen LogP contribution in [0.15, 0.2) is 35.7 Å². The number of rotatable bonds is 6. The van der Waals surface area contributed by atoms with Crippen molar-refractivity contribution in [1.82, 2.24) is 15.2 Å². The minimum Gasteiger partial charge on any atom is -0.353 e. The van der Waals surface area contributed by atoms with Gasteiger partial charge < -0.3 is 10.2 Å². The summed E-state index contributed by atoms with van der Waals surface area (Å²) >= 11 is 1.62. The smallest absolute Gasteiger partial charge is 0.228 e. The molecule has 2 heterocycles. The molecule has 2 fully saturated rings. The summed E-state index contributed by atoms with van der Waals surface area (Å²) in [5.41, 5.74) is 2.10. The van der Waals surface area contributed by atoms with E-state index in [1.807, 2.05) is 28.5 Å². The van der Waals surface area contributed by atoms with Crippen molar-refractivity contribution in [3.05, 3.63) is 52.0 Å². The number of thiazole rings is 1. The van der Waals surface area contributed by atoms with Gasteiger partial charge in [-0.25, -0.2) is 4.98 Å². The van der Waals surface area contributed by atoms with Gasteiger partial charge in [-0.2, -0.15) is 0 Å². The molecule has 1 aromatic heterocycles. The monoisotopic (exact) mass is 425 g/mol. The van der Waals surface area contributed by atoms with Gasteiger partial charge in [0.2, 0.25) is 11.8 Å². The van der Waals surface area contributed by atoms with Gasteiger partial charge in [0.1, 0.15) is 0 Å². The molecule has 1 saturated heterocycles. The fourth-order valence-corrected chi connectivity index (χ4v) is 5.33. The number of aromatic nitrogens is 1. The highest BCUT2D eigenvalue weighted by molar-refractivity contribution is 7.09. The lowest BCUT2D eigenvalue weighted by Crippen LogP contribution is -2.48. The first-order valence-electron chi connectivity index (χ1n) is 11.2. The zero-order chi connectivity index (χ0) is 20.8. The van der Waals surface area contributed by atoms with Crippen molar-refractivity contribution >= 4 is 23.2 Å². The van der Waals surface area contributed by atoms with Gasteiger partial charge in [-0.3, -0.25) is 9.59 Å². The molecule has 2 aromatic rings. The first kappa shape index (κ1) is 21.0. The minimum absolute atomic E-state index is 0.142. The zero-order valence-corrected chi connectivity index (χ0v) is 18.3. The fourth-order valence-electron chi connectivity index (χ4n) is 4.51. The first-order valence-corrected chi connectivity index (χ1v) is 12.1. The van der Waals surface area contributed by atoms with E-state index >= 15 is 0 Å². The molecule has 0 atom stereocenters. The molecule has 4 rings (SSSR count). The van der Waals surface area contributed by atoms with E-state index in [0.717, 1.165) is 55.9 Å². The Bertz CT molecular complexity index is 837. The Labute approximate surface area is 182 Å². The van der Waals surface area contributed by atoms with E-state index in [4.69, 9.17) is 0 Å². The van der Waals surface area contributed by atoms with E-state index in [-0.39, 0.29) is 23.8 Å². The van der Waals surface area contributed by atoms with Crippen LogP contribution in [-0.2, 0) is 22.4 Å². The van der Waals surface area contributed by atoms with Crippen LogP contribution in [0.2, 0.25) is 0 Å². The van der Waals surface area contributed by atoms with E-state index in [2.05, 4.69) is 22.4 Å². The lowest BCUT2D eigenvalue weighted by atomic mass is 9.88. The van der Waals surface area contributed by atoms with Crippen LogP contribution in [0.3, 0.4) is 0 Å². The van der Waals surface area contributed by atoms with Crippen molar-refractivity contribution in [3.63, 3.8) is 0 Å². The number of nitrogens with one attached hydrogen (secondary N) is 1. The van der Waals surface area contributed by atoms with Crippen molar-refractivity contribution in [3.8, 4) is 0 Å². The molecular weight excluding hydrogens is 394 g/mol. The number of nitrogens with zero attached hydrogens (tertiary/aromatic N) is 2. The Kier molecular flexibility index (Phi) is 7.16. The normalized spacial score (nSPS) is 18.3. The number of amides is 2. The molecule has 0 unspecified atom stereocenters. The molecule has 2 amide bonds. The van der Waals surface area contributed by atoms with Gasteiger partial charge in [0.25, 0.3) is 0 Å². The summed E-state index contributed by atoms with van der Waals surface area (Å²) in [4.78, 5) is 31.8. The molecule has 0 bridgehead atoms. The average Bonchev–Trinajstić information content (AvgIpc) is 3.22. The first-order chi connectivity index (χ1) is 14.7. The van der Waals surface area contributed by atoms with Crippen molar-refractivity contribution in [2.75, 3.05) is 13.1 Å². The molecule has 6 heteroatoms. The molecule has 1 aliphatic heterocycles. The van der Waals surface area contributed by atoms with Crippen LogP contribution in [0.25, 0.3) is 0 Å². The van der Waals surface area contributed by atoms with Crippen LogP contribution < -0.4 is 5.32 Å². The lowest BCUT2D eigenvalue weighted by molar-refractivity contribution is -0.132. The number of hydrogen-bond acceptors (Lipinski definition) is 4. The van der Waals surface area contributed by atoms with Crippen LogP contribution in [-0.4, -0.2) is 40.8 Å². The molecule has 0 radical (unpaired) electrons. The highest BCUT2D eigenvalue weighted by Gasteiger charge is 2.27. The Morgan fingerprint density at radius 3 is 2.50 bits per heavy atom. The number of piperidine rings is 1. The van der Waals surface area contributed by atoms with Crippen molar-refractivity contribution in [1.29, 1.82) is 0 Å². The molecule has 1 saturated carbocycles. The summed E-state index contributed by atoms with van der Waals surface area (Å²) in [6, 6.07) is 10.5. The van der Waals surface area contributed by atoms with Gasteiger partial charge in [0.15, 0.2) is 0 Å². The second kappa shape index (κ2) is 10.2. The van der Waals surface area contributed by atoms with Gasteiger partial charge in [0.05, 0.1) is 17.1 Å².